The molecular formula is C29H28N2O5. The van der Waals surface area contributed by atoms with Crippen molar-refractivity contribution in [1.82, 2.24) is 9.47 Å². The molecule has 2 aliphatic heterocycles. The van der Waals surface area contributed by atoms with E-state index < -0.39 is 0 Å². The molecule has 4 heterocycles. The van der Waals surface area contributed by atoms with Gasteiger partial charge in [-0.1, -0.05) is 18.2 Å². The van der Waals surface area contributed by atoms with Crippen molar-refractivity contribution in [2.45, 2.75) is 32.4 Å². The summed E-state index contributed by atoms with van der Waals surface area (Å²) >= 11 is 0. The minimum Gasteiger partial charge on any atom is -0.507 e. The van der Waals surface area contributed by atoms with E-state index in [2.05, 4.69) is 4.90 Å². The van der Waals surface area contributed by atoms with Crippen molar-refractivity contribution >= 4 is 11.0 Å². The number of phenolic OH excluding ortho intramolecular Hbond substituents is 1. The maximum Gasteiger partial charge on any atom is 0.250 e. The zero-order chi connectivity index (χ0) is 25.0. The first-order valence-electron chi connectivity index (χ1n) is 12.3. The van der Waals surface area contributed by atoms with E-state index in [-0.39, 0.29) is 22.7 Å². The van der Waals surface area contributed by atoms with Gasteiger partial charge in [-0.2, -0.15) is 0 Å². The monoisotopic (exact) mass is 484 g/mol. The Morgan fingerprint density at radius 1 is 1.08 bits per heavy atom. The smallest absolute Gasteiger partial charge is 0.250 e. The SMILES string of the molecule is COc1ccc(-c2coc3c(CN4CC5CC(C4)c4cccc(=O)n4C5)c(O)cc(C)c3c2=O)cc1. The molecule has 0 radical (unpaired) electrons. The molecular weight excluding hydrogens is 456 g/mol. The van der Waals surface area contributed by atoms with Crippen LogP contribution in [0.15, 0.2) is 68.8 Å². The fourth-order valence-corrected chi connectivity index (χ4v) is 6.00. The third-order valence-electron chi connectivity index (χ3n) is 7.66. The van der Waals surface area contributed by atoms with E-state index in [1.54, 1.807) is 19.2 Å². The Bertz CT molecular complexity index is 1580. The zero-order valence-corrected chi connectivity index (χ0v) is 20.4. The Morgan fingerprint density at radius 2 is 1.89 bits per heavy atom. The van der Waals surface area contributed by atoms with Crippen LogP contribution in [0.1, 0.15) is 29.2 Å². The first-order valence-corrected chi connectivity index (χ1v) is 12.3. The summed E-state index contributed by atoms with van der Waals surface area (Å²) in [7, 11) is 1.60. The molecule has 1 fully saturated rings. The predicted octanol–water partition coefficient (Wildman–Crippen LogP) is 4.26. The highest BCUT2D eigenvalue weighted by Crippen LogP contribution is 2.38. The summed E-state index contributed by atoms with van der Waals surface area (Å²) in [5.41, 5.74) is 3.98. The lowest BCUT2D eigenvalue weighted by Crippen LogP contribution is -2.46. The normalized spacial score (nSPS) is 19.3. The van der Waals surface area contributed by atoms with Gasteiger partial charge in [0, 0.05) is 43.9 Å². The fraction of sp³-hybridized carbons (Fsp3) is 0.310. The van der Waals surface area contributed by atoms with Crippen molar-refractivity contribution in [2.24, 2.45) is 5.92 Å². The number of piperidine rings is 1. The lowest BCUT2D eigenvalue weighted by atomic mass is 9.83. The predicted molar refractivity (Wildman–Crippen MR) is 138 cm³/mol. The molecule has 184 valence electrons. The largest absolute Gasteiger partial charge is 0.507 e. The first-order chi connectivity index (χ1) is 17.4. The molecule has 1 saturated heterocycles. The minimum atomic E-state index is -0.121. The van der Waals surface area contributed by atoms with Gasteiger partial charge in [0.2, 0.25) is 5.43 Å². The van der Waals surface area contributed by atoms with Crippen LogP contribution in [0.5, 0.6) is 11.5 Å². The van der Waals surface area contributed by atoms with Crippen LogP contribution in [-0.4, -0.2) is 34.8 Å². The topological polar surface area (TPSA) is 84.9 Å². The lowest BCUT2D eigenvalue weighted by Gasteiger charge is -2.42. The molecule has 2 unspecified atom stereocenters. The molecule has 7 heteroatoms. The Balaban J connectivity index is 1.37. The number of aromatic nitrogens is 1. The second-order valence-corrected chi connectivity index (χ2v) is 9.99. The van der Waals surface area contributed by atoms with Crippen molar-refractivity contribution in [1.29, 1.82) is 0 Å². The highest BCUT2D eigenvalue weighted by molar-refractivity contribution is 5.88. The molecule has 0 amide bonds. The van der Waals surface area contributed by atoms with Crippen LogP contribution >= 0.6 is 0 Å². The molecule has 36 heavy (non-hydrogen) atoms. The maximum atomic E-state index is 13.6. The molecule has 6 rings (SSSR count). The lowest BCUT2D eigenvalue weighted by molar-refractivity contribution is 0.113. The van der Waals surface area contributed by atoms with Gasteiger partial charge in [0.25, 0.3) is 5.56 Å². The molecule has 2 aromatic heterocycles. The van der Waals surface area contributed by atoms with Crippen LogP contribution in [0, 0.1) is 12.8 Å². The quantitative estimate of drug-likeness (QED) is 0.466. The molecule has 4 aromatic rings. The van der Waals surface area contributed by atoms with E-state index in [0.29, 0.717) is 52.4 Å². The van der Waals surface area contributed by atoms with Crippen LogP contribution in [0.25, 0.3) is 22.1 Å². The molecule has 0 spiro atoms. The van der Waals surface area contributed by atoms with Crippen molar-refractivity contribution in [3.63, 3.8) is 0 Å². The number of pyridine rings is 1. The molecule has 0 saturated carbocycles. The summed E-state index contributed by atoms with van der Waals surface area (Å²) < 4.78 is 13.2. The number of methoxy groups -OCH3 is 1. The van der Waals surface area contributed by atoms with E-state index in [4.69, 9.17) is 9.15 Å². The van der Waals surface area contributed by atoms with Gasteiger partial charge >= 0.3 is 0 Å². The summed E-state index contributed by atoms with van der Waals surface area (Å²) in [5.74, 6) is 1.47. The summed E-state index contributed by atoms with van der Waals surface area (Å²) in [6.07, 6.45) is 2.54. The van der Waals surface area contributed by atoms with Crippen molar-refractivity contribution < 1.29 is 14.3 Å². The van der Waals surface area contributed by atoms with Crippen molar-refractivity contribution in [3.05, 3.63) is 92.2 Å². The standard InChI is InChI=1S/C29H28N2O5/c1-17-10-25(32)22(15-30-12-18-11-20(14-30)24-4-3-5-26(33)31(24)13-18)29-27(17)28(34)23(16-36-29)19-6-8-21(35-2)9-7-19/h3-10,16,18,20,32H,11-15H2,1-2H3. The van der Waals surface area contributed by atoms with E-state index in [9.17, 15) is 14.7 Å². The van der Waals surface area contributed by atoms with Gasteiger partial charge in [-0.3, -0.25) is 14.5 Å². The third kappa shape index (κ3) is 3.71. The number of benzene rings is 2. The molecule has 2 aromatic carbocycles. The molecule has 1 N–H and O–H groups in total. The van der Waals surface area contributed by atoms with Crippen LogP contribution in [0.4, 0.5) is 0 Å². The Labute approximate surface area is 208 Å². The van der Waals surface area contributed by atoms with Gasteiger partial charge in [-0.25, -0.2) is 0 Å². The Kier molecular flexibility index (Phi) is 5.45. The Morgan fingerprint density at radius 3 is 2.67 bits per heavy atom. The van der Waals surface area contributed by atoms with Gasteiger partial charge in [0.15, 0.2) is 0 Å². The third-order valence-corrected chi connectivity index (χ3v) is 7.66. The maximum absolute atomic E-state index is 13.6. The first kappa shape index (κ1) is 22.6. The van der Waals surface area contributed by atoms with E-state index in [1.807, 2.05) is 47.9 Å². The van der Waals surface area contributed by atoms with Crippen molar-refractivity contribution in [2.75, 3.05) is 20.2 Å². The van der Waals surface area contributed by atoms with Crippen LogP contribution < -0.4 is 15.7 Å². The number of nitrogens with zero attached hydrogens (tertiary/aromatic N) is 2. The minimum absolute atomic E-state index is 0.0623. The number of ether oxygens (including phenoxy) is 1. The van der Waals surface area contributed by atoms with Crippen LogP contribution in [0.3, 0.4) is 0 Å². The number of fused-ring (bicyclic) bond motifs is 5. The second kappa shape index (κ2) is 8.68. The average molecular weight is 485 g/mol. The number of hydrogen-bond acceptors (Lipinski definition) is 6. The van der Waals surface area contributed by atoms with E-state index in [1.165, 1.54) is 6.26 Å². The molecule has 7 nitrogen and oxygen atoms in total. The van der Waals surface area contributed by atoms with Crippen LogP contribution in [-0.2, 0) is 13.1 Å². The molecule has 2 bridgehead atoms. The number of likely N-dealkylation sites (tertiary alicyclic amines) is 1. The van der Waals surface area contributed by atoms with Gasteiger partial charge in [-0.15, -0.1) is 0 Å². The van der Waals surface area contributed by atoms with Crippen LogP contribution in [0.2, 0.25) is 0 Å². The highest BCUT2D eigenvalue weighted by atomic mass is 16.5. The number of hydrogen-bond donors (Lipinski definition) is 1. The van der Waals surface area contributed by atoms with Gasteiger partial charge in [0.05, 0.1) is 23.6 Å². The second-order valence-electron chi connectivity index (χ2n) is 9.99. The van der Waals surface area contributed by atoms with E-state index >= 15 is 0 Å². The summed E-state index contributed by atoms with van der Waals surface area (Å²) in [5, 5.41) is 11.4. The Hall–Kier alpha value is -3.84. The summed E-state index contributed by atoms with van der Waals surface area (Å²) in [4.78, 5) is 28.2. The van der Waals surface area contributed by atoms with Gasteiger partial charge in [0.1, 0.15) is 23.3 Å². The summed E-state index contributed by atoms with van der Waals surface area (Å²) in [6, 6.07) is 14.5. The molecule has 0 aliphatic carbocycles. The fourth-order valence-electron chi connectivity index (χ4n) is 6.00. The number of aromatic hydroxyl groups is 1. The van der Waals surface area contributed by atoms with Crippen molar-refractivity contribution in [3.8, 4) is 22.6 Å². The van der Waals surface area contributed by atoms with E-state index in [0.717, 1.165) is 30.8 Å². The number of phenols is 1. The number of rotatable bonds is 4. The highest BCUT2D eigenvalue weighted by Gasteiger charge is 2.35. The molecule has 2 atom stereocenters. The average Bonchev–Trinajstić information content (AvgIpc) is 2.87. The summed E-state index contributed by atoms with van der Waals surface area (Å²) in [6.45, 7) is 4.60. The zero-order valence-electron chi connectivity index (χ0n) is 20.4. The molecule has 2 aliphatic rings. The van der Waals surface area contributed by atoms with Gasteiger partial charge < -0.3 is 18.8 Å². The number of aryl methyl sites for hydroxylation is 1. The van der Waals surface area contributed by atoms with Gasteiger partial charge in [-0.05, 0) is 54.7 Å².